The Kier molecular flexibility index (Phi) is 5.89. The number of benzene rings is 2. The number of anilines is 1. The van der Waals surface area contributed by atoms with Gasteiger partial charge in [0.1, 0.15) is 6.61 Å². The molecule has 2 rings (SSSR count). The largest absolute Gasteiger partial charge is 0.465 e. The number of hydrogen-bond donors (Lipinski definition) is 1. The van der Waals surface area contributed by atoms with E-state index < -0.39 is 28.6 Å². The molecule has 0 aliphatic carbocycles. The molecule has 7 nitrogen and oxygen atoms in total. The Hall–Kier alpha value is -2.71. The summed E-state index contributed by atoms with van der Waals surface area (Å²) in [5.74, 6) is -1.13. The molecule has 0 unspecified atom stereocenters. The summed E-state index contributed by atoms with van der Waals surface area (Å²) >= 11 is 0. The van der Waals surface area contributed by atoms with Gasteiger partial charge >= 0.3 is 5.97 Å². The van der Waals surface area contributed by atoms with E-state index in [-0.39, 0.29) is 4.90 Å². The number of ether oxygens (including phenoxy) is 1. The van der Waals surface area contributed by atoms with E-state index in [0.717, 1.165) is 5.56 Å². The van der Waals surface area contributed by atoms with Crippen LogP contribution in [0.1, 0.15) is 15.9 Å². The molecule has 0 bridgehead atoms. The maximum absolute atomic E-state index is 12.0. The predicted molar refractivity (Wildman–Crippen MR) is 90.7 cm³/mol. The standard InChI is InChI=1S/C17H17NO6S/c1-12-3-9-15(10-4-12)25(21,22)24-11-16(19)18-14-7-5-13(6-8-14)17(20)23-2/h3-10H,11H2,1-2H3,(H,18,19). The lowest BCUT2D eigenvalue weighted by molar-refractivity contribution is -0.118. The third-order valence-corrected chi connectivity index (χ3v) is 4.52. The molecule has 0 spiro atoms. The summed E-state index contributed by atoms with van der Waals surface area (Å²) in [6, 6.07) is 12.1. The minimum Gasteiger partial charge on any atom is -0.465 e. The summed E-state index contributed by atoms with van der Waals surface area (Å²) in [6.07, 6.45) is 0. The maximum Gasteiger partial charge on any atom is 0.337 e. The lowest BCUT2D eigenvalue weighted by Gasteiger charge is -2.08. The van der Waals surface area contributed by atoms with Crippen LogP contribution in [-0.4, -0.2) is 34.0 Å². The molecule has 0 atom stereocenters. The molecule has 132 valence electrons. The van der Waals surface area contributed by atoms with Gasteiger partial charge < -0.3 is 10.1 Å². The van der Waals surface area contributed by atoms with Crippen molar-refractivity contribution in [2.24, 2.45) is 0 Å². The Morgan fingerprint density at radius 1 is 1.00 bits per heavy atom. The SMILES string of the molecule is COC(=O)c1ccc(NC(=O)COS(=O)(=O)c2ccc(C)cc2)cc1. The molecule has 0 heterocycles. The maximum atomic E-state index is 12.0. The zero-order valence-electron chi connectivity index (χ0n) is 13.7. The first-order valence-electron chi connectivity index (χ1n) is 7.26. The molecule has 25 heavy (non-hydrogen) atoms. The van der Waals surface area contributed by atoms with Crippen LogP contribution in [0.3, 0.4) is 0 Å². The quantitative estimate of drug-likeness (QED) is 0.623. The minimum absolute atomic E-state index is 0.0201. The van der Waals surface area contributed by atoms with Gasteiger partial charge in [0.05, 0.1) is 17.6 Å². The van der Waals surface area contributed by atoms with Crippen LogP contribution >= 0.6 is 0 Å². The van der Waals surface area contributed by atoms with Gasteiger partial charge in [-0.3, -0.25) is 8.98 Å². The predicted octanol–water partition coefficient (Wildman–Crippen LogP) is 2.13. The van der Waals surface area contributed by atoms with Gasteiger partial charge in [-0.25, -0.2) is 4.79 Å². The molecule has 0 saturated heterocycles. The molecule has 0 aliphatic rings. The molecule has 0 aliphatic heterocycles. The Morgan fingerprint density at radius 3 is 2.16 bits per heavy atom. The van der Waals surface area contributed by atoms with E-state index in [9.17, 15) is 18.0 Å². The molecule has 0 saturated carbocycles. The molecule has 1 amide bonds. The van der Waals surface area contributed by atoms with Crippen LogP contribution in [0.15, 0.2) is 53.4 Å². The van der Waals surface area contributed by atoms with Gasteiger partial charge in [-0.05, 0) is 43.3 Å². The minimum atomic E-state index is -4.01. The van der Waals surface area contributed by atoms with Crippen LogP contribution in [0.5, 0.6) is 0 Å². The lowest BCUT2D eigenvalue weighted by atomic mass is 10.2. The summed E-state index contributed by atoms with van der Waals surface area (Å²) in [6.45, 7) is 1.17. The average Bonchev–Trinajstić information content (AvgIpc) is 2.60. The van der Waals surface area contributed by atoms with Gasteiger partial charge in [0.15, 0.2) is 0 Å². The number of carbonyl (C=O) groups is 2. The average molecular weight is 363 g/mol. The second-order valence-electron chi connectivity index (χ2n) is 5.15. The van der Waals surface area contributed by atoms with Crippen LogP contribution in [0.25, 0.3) is 0 Å². The zero-order valence-corrected chi connectivity index (χ0v) is 14.5. The molecular weight excluding hydrogens is 346 g/mol. The Labute approximate surface area is 145 Å². The smallest absolute Gasteiger partial charge is 0.337 e. The first-order valence-corrected chi connectivity index (χ1v) is 8.67. The van der Waals surface area contributed by atoms with Gasteiger partial charge in [-0.1, -0.05) is 17.7 Å². The van der Waals surface area contributed by atoms with Crippen LogP contribution < -0.4 is 5.32 Å². The molecule has 1 N–H and O–H groups in total. The molecule has 0 aromatic heterocycles. The first kappa shape index (κ1) is 18.6. The van der Waals surface area contributed by atoms with Gasteiger partial charge in [0.2, 0.25) is 0 Å². The van der Waals surface area contributed by atoms with Crippen molar-refractivity contribution in [1.82, 2.24) is 0 Å². The Bertz CT molecular complexity index is 857. The summed E-state index contributed by atoms with van der Waals surface area (Å²) in [7, 11) is -2.74. The van der Waals surface area contributed by atoms with Gasteiger partial charge in [0.25, 0.3) is 16.0 Å². The van der Waals surface area contributed by atoms with Crippen molar-refractivity contribution in [3.63, 3.8) is 0 Å². The third kappa shape index (κ3) is 5.13. The highest BCUT2D eigenvalue weighted by atomic mass is 32.2. The van der Waals surface area contributed by atoms with Gasteiger partial charge in [-0.2, -0.15) is 8.42 Å². The molecule has 0 fully saturated rings. The first-order chi connectivity index (χ1) is 11.8. The Morgan fingerprint density at radius 2 is 1.60 bits per heavy atom. The topological polar surface area (TPSA) is 98.8 Å². The van der Waals surface area contributed by atoms with Crippen LogP contribution in [0, 0.1) is 6.92 Å². The van der Waals surface area contributed by atoms with Crippen molar-refractivity contribution in [3.05, 3.63) is 59.7 Å². The van der Waals surface area contributed by atoms with E-state index in [1.54, 1.807) is 12.1 Å². The highest BCUT2D eigenvalue weighted by Crippen LogP contribution is 2.14. The fraction of sp³-hybridized carbons (Fsp3) is 0.176. The van der Waals surface area contributed by atoms with Crippen molar-refractivity contribution in [3.8, 4) is 0 Å². The lowest BCUT2D eigenvalue weighted by Crippen LogP contribution is -2.21. The number of methoxy groups -OCH3 is 1. The van der Waals surface area contributed by atoms with Crippen molar-refractivity contribution >= 4 is 27.7 Å². The van der Waals surface area contributed by atoms with Crippen molar-refractivity contribution in [2.75, 3.05) is 19.0 Å². The number of hydrogen-bond acceptors (Lipinski definition) is 6. The Balaban J connectivity index is 1.94. The summed E-state index contributed by atoms with van der Waals surface area (Å²) < 4.78 is 33.3. The normalized spacial score (nSPS) is 11.0. The van der Waals surface area contributed by atoms with Crippen LogP contribution in [0.4, 0.5) is 5.69 Å². The van der Waals surface area contributed by atoms with E-state index in [4.69, 9.17) is 4.18 Å². The van der Waals surface area contributed by atoms with E-state index in [1.807, 2.05) is 6.92 Å². The highest BCUT2D eigenvalue weighted by Gasteiger charge is 2.17. The van der Waals surface area contributed by atoms with Gasteiger partial charge in [-0.15, -0.1) is 0 Å². The number of carbonyl (C=O) groups excluding carboxylic acids is 2. The van der Waals surface area contributed by atoms with Crippen LogP contribution in [-0.2, 0) is 23.8 Å². The van der Waals surface area contributed by atoms with E-state index in [2.05, 4.69) is 10.1 Å². The fourth-order valence-electron chi connectivity index (χ4n) is 1.91. The molecule has 0 radical (unpaired) electrons. The zero-order chi connectivity index (χ0) is 18.4. The monoisotopic (exact) mass is 363 g/mol. The van der Waals surface area contributed by atoms with E-state index >= 15 is 0 Å². The van der Waals surface area contributed by atoms with Crippen LogP contribution in [0.2, 0.25) is 0 Å². The number of esters is 1. The molecule has 2 aromatic carbocycles. The van der Waals surface area contributed by atoms with Crippen molar-refractivity contribution < 1.29 is 26.9 Å². The van der Waals surface area contributed by atoms with Crippen molar-refractivity contribution in [2.45, 2.75) is 11.8 Å². The second kappa shape index (κ2) is 7.91. The number of rotatable bonds is 6. The van der Waals surface area contributed by atoms with E-state index in [1.165, 1.54) is 43.5 Å². The molecular formula is C17H17NO6S. The second-order valence-corrected chi connectivity index (χ2v) is 6.76. The summed E-state index contributed by atoms with van der Waals surface area (Å²) in [5.41, 5.74) is 1.64. The highest BCUT2D eigenvalue weighted by molar-refractivity contribution is 7.86. The number of nitrogens with one attached hydrogen (secondary N) is 1. The van der Waals surface area contributed by atoms with Gasteiger partial charge in [0, 0.05) is 5.69 Å². The third-order valence-electron chi connectivity index (χ3n) is 3.24. The molecule has 8 heteroatoms. The molecule has 2 aromatic rings. The number of amides is 1. The fourth-order valence-corrected chi connectivity index (χ4v) is 2.78. The number of aryl methyl sites for hydroxylation is 1. The van der Waals surface area contributed by atoms with E-state index in [0.29, 0.717) is 11.3 Å². The summed E-state index contributed by atoms with van der Waals surface area (Å²) in [4.78, 5) is 23.1. The summed E-state index contributed by atoms with van der Waals surface area (Å²) in [5, 5.41) is 2.48. The van der Waals surface area contributed by atoms with Crippen molar-refractivity contribution in [1.29, 1.82) is 0 Å².